The molecule has 0 saturated carbocycles. The molecule has 386 valence electrons. The minimum atomic E-state index is 0. The van der Waals surface area contributed by atoms with E-state index >= 15 is 0 Å². The summed E-state index contributed by atoms with van der Waals surface area (Å²) in [6.07, 6.45) is 67.2. The maximum Gasteiger partial charge on any atom is 2.00 e. The molecular weight excluding hydrogens is 1060 g/mol. The Bertz CT molecular complexity index is 766. The van der Waals surface area contributed by atoms with Crippen molar-refractivity contribution in [2.45, 2.75) is 336 Å². The molecule has 7 heteroatoms. The van der Waals surface area contributed by atoms with Crippen molar-refractivity contribution in [1.29, 1.82) is 0 Å². The van der Waals surface area contributed by atoms with Gasteiger partial charge in [-0.3, -0.25) is 0 Å². The Labute approximate surface area is 453 Å². The van der Waals surface area contributed by atoms with Crippen molar-refractivity contribution in [3.05, 3.63) is 0 Å². The molecule has 0 aliphatic rings. The zero-order chi connectivity index (χ0) is 47.1. The number of hydrogen-bond donors (Lipinski definition) is 0. The molecule has 0 rings (SSSR count). The van der Waals surface area contributed by atoms with Crippen molar-refractivity contribution in [3.8, 4) is 0 Å². The van der Waals surface area contributed by atoms with Crippen LogP contribution in [0.4, 0.5) is 0 Å². The first-order valence-corrected chi connectivity index (χ1v) is 31.0. The molecule has 0 amide bonds. The van der Waals surface area contributed by atoms with Crippen molar-refractivity contribution in [1.82, 2.24) is 9.80 Å². The minimum absolute atomic E-state index is 0. The van der Waals surface area contributed by atoms with Crippen LogP contribution < -0.4 is 0 Å². The predicted molar refractivity (Wildman–Crippen MR) is 313 cm³/mol. The molecule has 0 atom stereocenters. The summed E-state index contributed by atoms with van der Waals surface area (Å²) in [5.74, 6) is 0. The normalized spacial score (nSPS) is 11.0. The summed E-state index contributed by atoms with van der Waals surface area (Å²) in [6, 6.07) is 0. The van der Waals surface area contributed by atoms with Crippen LogP contribution in [0.3, 0.4) is 0 Å². The summed E-state index contributed by atoms with van der Waals surface area (Å²) < 4.78 is 1.38. The van der Waals surface area contributed by atoms with Crippen LogP contribution in [0.25, 0.3) is 0 Å². The van der Waals surface area contributed by atoms with E-state index in [1.54, 1.807) is 0 Å². The zero-order valence-corrected chi connectivity index (χ0v) is 52.0. The number of hydrogen-bond acceptors (Lipinski definition) is 4. The van der Waals surface area contributed by atoms with Gasteiger partial charge < -0.3 is 59.5 Å². The standard InChI is InChI=1S/2C29H59NS2.Pb/c2*1-3-5-7-9-11-13-15-17-19-21-23-25-27-30(29(31)32)28-26-24-22-20-18-16-14-12-10-8-6-4-2;/h2*3-28H2,1-2H3,(H,31,32);/q;;+2/p-2. The second kappa shape index (κ2) is 63.2. The molecule has 0 fully saturated rings. The van der Waals surface area contributed by atoms with E-state index in [2.05, 4.69) is 37.5 Å². The van der Waals surface area contributed by atoms with Gasteiger partial charge >= 0.3 is 27.3 Å². The van der Waals surface area contributed by atoms with Gasteiger partial charge in [0, 0.05) is 26.2 Å². The van der Waals surface area contributed by atoms with E-state index in [9.17, 15) is 0 Å². The SMILES string of the molecule is CCCCCCCCCCCCCCN(CCCCCCCCCCCCCC)C(=S)[S-].CCCCCCCCCCCCCCN(CCCCCCCCCCCCCC)C(=S)[S-].[Pb+2]. The van der Waals surface area contributed by atoms with Crippen LogP contribution in [-0.4, -0.2) is 71.9 Å². The van der Waals surface area contributed by atoms with E-state index < -0.39 is 0 Å². The Hall–Kier alpha value is 1.14. The average Bonchev–Trinajstić information content (AvgIpc) is 3.29. The van der Waals surface area contributed by atoms with Gasteiger partial charge in [0.05, 0.1) is 0 Å². The average molecular weight is 1180 g/mol. The number of rotatable bonds is 52. The van der Waals surface area contributed by atoms with Gasteiger partial charge in [0.25, 0.3) is 0 Å². The van der Waals surface area contributed by atoms with Gasteiger partial charge in [0.2, 0.25) is 0 Å². The van der Waals surface area contributed by atoms with Crippen LogP contribution in [0.5, 0.6) is 0 Å². The monoisotopic (exact) mass is 1180 g/mol. The smallest absolute Gasteiger partial charge is 0.411 e. The molecule has 0 saturated heterocycles. The van der Waals surface area contributed by atoms with E-state index in [-0.39, 0.29) is 27.3 Å². The quantitative estimate of drug-likeness (QED) is 0.0257. The molecule has 0 aliphatic heterocycles. The molecule has 0 aromatic carbocycles. The van der Waals surface area contributed by atoms with Crippen molar-refractivity contribution >= 4 is 85.6 Å². The van der Waals surface area contributed by atoms with Crippen LogP contribution in [0.2, 0.25) is 0 Å². The van der Waals surface area contributed by atoms with Gasteiger partial charge in [-0.2, -0.15) is 0 Å². The largest absolute Gasteiger partial charge is 2.00 e. The zero-order valence-electron chi connectivity index (χ0n) is 44.8. The molecule has 0 unspecified atom stereocenters. The third-order valence-corrected chi connectivity index (χ3v) is 14.7. The fourth-order valence-corrected chi connectivity index (χ4v) is 9.89. The van der Waals surface area contributed by atoms with Crippen LogP contribution in [0.1, 0.15) is 336 Å². The van der Waals surface area contributed by atoms with E-state index in [0.717, 1.165) is 26.2 Å². The molecule has 0 spiro atoms. The van der Waals surface area contributed by atoms with Crippen molar-refractivity contribution in [2.24, 2.45) is 0 Å². The summed E-state index contributed by atoms with van der Waals surface area (Å²) >= 11 is 21.3. The Morgan fingerprint density at radius 2 is 0.338 bits per heavy atom. The Balaban J connectivity index is -0.00000116. The molecule has 2 nitrogen and oxygen atoms in total. The molecule has 0 aromatic heterocycles. The summed E-state index contributed by atoms with van der Waals surface area (Å²) in [4.78, 5) is 4.58. The van der Waals surface area contributed by atoms with E-state index in [4.69, 9.17) is 49.7 Å². The minimum Gasteiger partial charge on any atom is -0.411 e. The van der Waals surface area contributed by atoms with E-state index in [1.807, 2.05) is 0 Å². The molecule has 0 aromatic rings. The van der Waals surface area contributed by atoms with E-state index in [0.29, 0.717) is 8.64 Å². The predicted octanol–water partition coefficient (Wildman–Crippen LogP) is 20.7. The first-order valence-electron chi connectivity index (χ1n) is 29.4. The van der Waals surface area contributed by atoms with Crippen molar-refractivity contribution < 1.29 is 0 Å². The topological polar surface area (TPSA) is 6.48 Å². The maximum atomic E-state index is 5.33. The van der Waals surface area contributed by atoms with Crippen LogP contribution in [-0.2, 0) is 25.3 Å². The second-order valence-corrected chi connectivity index (χ2v) is 22.1. The van der Waals surface area contributed by atoms with Gasteiger partial charge in [-0.15, -0.1) is 0 Å². The molecule has 0 heterocycles. The number of nitrogens with zero attached hydrogens (tertiary/aromatic N) is 2. The third-order valence-electron chi connectivity index (χ3n) is 13.6. The first-order chi connectivity index (χ1) is 31.4. The summed E-state index contributed by atoms with van der Waals surface area (Å²) in [5.41, 5.74) is 0. The molecule has 65 heavy (non-hydrogen) atoms. The van der Waals surface area contributed by atoms with Gasteiger partial charge in [0.1, 0.15) is 0 Å². The van der Waals surface area contributed by atoms with Crippen LogP contribution in [0.15, 0.2) is 0 Å². The molecular formula is C58H116N2PbS4. The Kier molecular flexibility index (Phi) is 68.4. The van der Waals surface area contributed by atoms with Crippen LogP contribution in [0, 0.1) is 0 Å². The van der Waals surface area contributed by atoms with Crippen LogP contribution >= 0.6 is 24.4 Å². The Morgan fingerprint density at radius 3 is 0.446 bits per heavy atom. The molecule has 0 N–H and O–H groups in total. The molecule has 2 radical (unpaired) electrons. The summed E-state index contributed by atoms with van der Waals surface area (Å²) in [5, 5.41) is 0. The maximum absolute atomic E-state index is 5.33. The van der Waals surface area contributed by atoms with Crippen molar-refractivity contribution in [2.75, 3.05) is 26.2 Å². The summed E-state index contributed by atoms with van der Waals surface area (Å²) in [7, 11) is 0. The molecule has 0 aliphatic carbocycles. The molecule has 0 bridgehead atoms. The fraction of sp³-hybridized carbons (Fsp3) is 0.966. The van der Waals surface area contributed by atoms with E-state index in [1.165, 1.54) is 308 Å². The Morgan fingerprint density at radius 1 is 0.231 bits per heavy atom. The van der Waals surface area contributed by atoms with Gasteiger partial charge in [-0.1, -0.05) is 319 Å². The van der Waals surface area contributed by atoms with Gasteiger partial charge in [-0.25, -0.2) is 0 Å². The van der Waals surface area contributed by atoms with Gasteiger partial charge in [-0.05, 0) is 25.7 Å². The summed E-state index contributed by atoms with van der Waals surface area (Å²) in [6.45, 7) is 13.5. The fourth-order valence-electron chi connectivity index (χ4n) is 9.16. The number of unbranched alkanes of at least 4 members (excludes halogenated alkanes) is 44. The third kappa shape index (κ3) is 61.2. The van der Waals surface area contributed by atoms with Gasteiger partial charge in [0.15, 0.2) is 0 Å². The number of thiocarbonyl (C=S) groups is 2. The second-order valence-electron chi connectivity index (χ2n) is 20.1. The van der Waals surface area contributed by atoms with Crippen molar-refractivity contribution in [3.63, 3.8) is 0 Å². The first kappa shape index (κ1) is 70.4.